The van der Waals surface area contributed by atoms with E-state index >= 15 is 0 Å². The molecule has 8 nitrogen and oxygen atoms in total. The highest BCUT2D eigenvalue weighted by Crippen LogP contribution is 2.21. The molecule has 9 heteroatoms. The second-order valence-corrected chi connectivity index (χ2v) is 7.01. The molecule has 0 atom stereocenters. The van der Waals surface area contributed by atoms with E-state index in [9.17, 15) is 9.59 Å². The van der Waals surface area contributed by atoms with Crippen molar-refractivity contribution in [2.45, 2.75) is 6.54 Å². The van der Waals surface area contributed by atoms with Gasteiger partial charge in [0.05, 0.1) is 11.4 Å². The number of nitrogens with zero attached hydrogens (tertiary/aromatic N) is 4. The van der Waals surface area contributed by atoms with Gasteiger partial charge in [0, 0.05) is 25.2 Å². The van der Waals surface area contributed by atoms with Crippen LogP contribution in [-0.4, -0.2) is 32.0 Å². The van der Waals surface area contributed by atoms with Crippen molar-refractivity contribution in [1.82, 2.24) is 24.8 Å². The van der Waals surface area contributed by atoms with E-state index in [1.807, 2.05) is 47.8 Å². The first kappa shape index (κ1) is 17.9. The van der Waals surface area contributed by atoms with Crippen LogP contribution in [0.15, 0.2) is 63.2 Å². The van der Waals surface area contributed by atoms with Gasteiger partial charge in [-0.05, 0) is 11.4 Å². The van der Waals surface area contributed by atoms with Crippen LogP contribution in [0.25, 0.3) is 22.0 Å². The SMILES string of the molecule is Cn1c(-c2cccs2)nn(CCNC(=O)c2cc(-c3ccccc3)on2)c1=O. The molecule has 0 unspecified atom stereocenters. The first-order chi connectivity index (χ1) is 13.6. The van der Waals surface area contributed by atoms with Crippen molar-refractivity contribution in [2.24, 2.45) is 7.05 Å². The van der Waals surface area contributed by atoms with Gasteiger partial charge in [-0.1, -0.05) is 41.6 Å². The summed E-state index contributed by atoms with van der Waals surface area (Å²) < 4.78 is 8.07. The van der Waals surface area contributed by atoms with E-state index in [0.717, 1.165) is 10.4 Å². The quantitative estimate of drug-likeness (QED) is 0.541. The molecule has 142 valence electrons. The first-order valence-electron chi connectivity index (χ1n) is 8.61. The van der Waals surface area contributed by atoms with Gasteiger partial charge in [-0.25, -0.2) is 9.48 Å². The number of carbonyl (C=O) groups excluding carboxylic acids is 1. The molecule has 1 N–H and O–H groups in total. The Balaban J connectivity index is 1.39. The lowest BCUT2D eigenvalue weighted by atomic mass is 10.1. The maximum absolute atomic E-state index is 12.3. The summed E-state index contributed by atoms with van der Waals surface area (Å²) in [7, 11) is 1.68. The van der Waals surface area contributed by atoms with Gasteiger partial charge < -0.3 is 9.84 Å². The number of aromatic nitrogens is 4. The minimum Gasteiger partial charge on any atom is -0.355 e. The molecule has 0 aliphatic heterocycles. The Hall–Kier alpha value is -3.46. The molecule has 0 saturated carbocycles. The lowest BCUT2D eigenvalue weighted by Crippen LogP contribution is -2.31. The van der Waals surface area contributed by atoms with Crippen LogP contribution in [0.4, 0.5) is 0 Å². The second kappa shape index (κ2) is 7.65. The van der Waals surface area contributed by atoms with Crippen LogP contribution in [0.1, 0.15) is 10.5 Å². The smallest absolute Gasteiger partial charge is 0.346 e. The molecule has 1 amide bonds. The predicted molar refractivity (Wildman–Crippen MR) is 105 cm³/mol. The Kier molecular flexibility index (Phi) is 4.90. The van der Waals surface area contributed by atoms with Crippen LogP contribution in [-0.2, 0) is 13.6 Å². The van der Waals surface area contributed by atoms with E-state index in [1.54, 1.807) is 13.1 Å². The molecule has 1 aromatic carbocycles. The molecular formula is C19H17N5O3S. The minimum atomic E-state index is -0.367. The average molecular weight is 395 g/mol. The van der Waals surface area contributed by atoms with Gasteiger partial charge in [-0.2, -0.15) is 0 Å². The van der Waals surface area contributed by atoms with Crippen molar-refractivity contribution in [3.05, 3.63) is 70.1 Å². The average Bonchev–Trinajstić information content (AvgIpc) is 3.46. The molecule has 0 spiro atoms. The maximum Gasteiger partial charge on any atom is 0.346 e. The zero-order valence-corrected chi connectivity index (χ0v) is 15.8. The number of amides is 1. The Morgan fingerprint density at radius 3 is 2.79 bits per heavy atom. The van der Waals surface area contributed by atoms with Crippen molar-refractivity contribution >= 4 is 17.2 Å². The van der Waals surface area contributed by atoms with E-state index in [2.05, 4.69) is 15.6 Å². The predicted octanol–water partition coefficient (Wildman–Crippen LogP) is 2.40. The van der Waals surface area contributed by atoms with Crippen molar-refractivity contribution in [3.8, 4) is 22.0 Å². The number of hydrogen-bond acceptors (Lipinski definition) is 6. The van der Waals surface area contributed by atoms with E-state index in [1.165, 1.54) is 20.6 Å². The van der Waals surface area contributed by atoms with Gasteiger partial charge >= 0.3 is 5.69 Å². The maximum atomic E-state index is 12.3. The second-order valence-electron chi connectivity index (χ2n) is 6.06. The Morgan fingerprint density at radius 1 is 1.21 bits per heavy atom. The highest BCUT2D eigenvalue weighted by atomic mass is 32.1. The summed E-state index contributed by atoms with van der Waals surface area (Å²) in [6, 6.07) is 14.8. The lowest BCUT2D eigenvalue weighted by molar-refractivity contribution is 0.0943. The molecule has 0 aliphatic carbocycles. The minimum absolute atomic E-state index is 0.187. The zero-order valence-electron chi connectivity index (χ0n) is 15.0. The number of rotatable bonds is 6. The number of nitrogens with one attached hydrogen (secondary N) is 1. The summed E-state index contributed by atoms with van der Waals surface area (Å²) in [4.78, 5) is 25.5. The van der Waals surface area contributed by atoms with E-state index in [-0.39, 0.29) is 30.4 Å². The van der Waals surface area contributed by atoms with Gasteiger partial charge in [0.1, 0.15) is 0 Å². The molecule has 3 aromatic heterocycles. The molecular weight excluding hydrogens is 378 g/mol. The van der Waals surface area contributed by atoms with Crippen molar-refractivity contribution in [3.63, 3.8) is 0 Å². The molecule has 0 bridgehead atoms. The zero-order chi connectivity index (χ0) is 19.5. The third-order valence-corrected chi connectivity index (χ3v) is 5.06. The van der Waals surface area contributed by atoms with Crippen LogP contribution < -0.4 is 11.0 Å². The summed E-state index contributed by atoms with van der Waals surface area (Å²) in [5, 5.41) is 12.8. The normalized spacial score (nSPS) is 10.9. The summed E-state index contributed by atoms with van der Waals surface area (Å²) in [5.74, 6) is 0.760. The molecule has 0 fully saturated rings. The Labute approximate surface area is 164 Å². The highest BCUT2D eigenvalue weighted by molar-refractivity contribution is 7.13. The van der Waals surface area contributed by atoms with Gasteiger partial charge in [-0.3, -0.25) is 9.36 Å². The van der Waals surface area contributed by atoms with E-state index < -0.39 is 0 Å². The largest absolute Gasteiger partial charge is 0.355 e. The number of carbonyl (C=O) groups is 1. The van der Waals surface area contributed by atoms with E-state index in [0.29, 0.717) is 11.6 Å². The van der Waals surface area contributed by atoms with Crippen LogP contribution in [0.3, 0.4) is 0 Å². The molecule has 0 radical (unpaired) electrons. The van der Waals surface area contributed by atoms with Gasteiger partial charge in [0.2, 0.25) is 0 Å². The third-order valence-electron chi connectivity index (χ3n) is 4.19. The van der Waals surface area contributed by atoms with Gasteiger partial charge in [-0.15, -0.1) is 16.4 Å². The van der Waals surface area contributed by atoms with Crippen LogP contribution >= 0.6 is 11.3 Å². The van der Waals surface area contributed by atoms with Crippen LogP contribution in [0.2, 0.25) is 0 Å². The standard InChI is InChI=1S/C19H17N5O3S/c1-23-17(16-8-5-11-28-16)21-24(19(23)26)10-9-20-18(25)14-12-15(27-22-14)13-6-3-2-4-7-13/h2-8,11-12H,9-10H2,1H3,(H,20,25). The number of benzene rings is 1. The highest BCUT2D eigenvalue weighted by Gasteiger charge is 2.15. The summed E-state index contributed by atoms with van der Waals surface area (Å²) >= 11 is 1.51. The van der Waals surface area contributed by atoms with E-state index in [4.69, 9.17) is 4.52 Å². The summed E-state index contributed by atoms with van der Waals surface area (Å²) in [5.41, 5.74) is 0.798. The topological polar surface area (TPSA) is 95.0 Å². The van der Waals surface area contributed by atoms with Crippen LogP contribution in [0.5, 0.6) is 0 Å². The van der Waals surface area contributed by atoms with Gasteiger partial charge in [0.15, 0.2) is 17.3 Å². The Bertz CT molecular complexity index is 1140. The first-order valence-corrected chi connectivity index (χ1v) is 9.49. The molecule has 4 aromatic rings. The van der Waals surface area contributed by atoms with Crippen molar-refractivity contribution in [2.75, 3.05) is 6.54 Å². The van der Waals surface area contributed by atoms with Gasteiger partial charge in [0.25, 0.3) is 5.91 Å². The van der Waals surface area contributed by atoms with Crippen molar-refractivity contribution in [1.29, 1.82) is 0 Å². The lowest BCUT2D eigenvalue weighted by Gasteiger charge is -2.01. The Morgan fingerprint density at radius 2 is 2.04 bits per heavy atom. The number of thiophene rings is 1. The van der Waals surface area contributed by atoms with Crippen LogP contribution in [0, 0.1) is 0 Å². The number of hydrogen-bond donors (Lipinski definition) is 1. The molecule has 3 heterocycles. The molecule has 0 saturated heterocycles. The molecule has 28 heavy (non-hydrogen) atoms. The fourth-order valence-electron chi connectivity index (χ4n) is 2.74. The fourth-order valence-corrected chi connectivity index (χ4v) is 3.48. The molecule has 4 rings (SSSR count). The van der Waals surface area contributed by atoms with Crippen molar-refractivity contribution < 1.29 is 9.32 Å². The molecule has 0 aliphatic rings. The fraction of sp³-hybridized carbons (Fsp3) is 0.158. The third kappa shape index (κ3) is 3.52. The summed E-state index contributed by atoms with van der Waals surface area (Å²) in [6.45, 7) is 0.500. The monoisotopic (exact) mass is 395 g/mol. The summed E-state index contributed by atoms with van der Waals surface area (Å²) in [6.07, 6.45) is 0.